The van der Waals surface area contributed by atoms with E-state index >= 15 is 0 Å². The van der Waals surface area contributed by atoms with E-state index < -0.39 is 5.97 Å². The van der Waals surface area contributed by atoms with Gasteiger partial charge in [0.1, 0.15) is 5.69 Å². The molecule has 0 saturated carbocycles. The summed E-state index contributed by atoms with van der Waals surface area (Å²) in [5.41, 5.74) is 1.64. The van der Waals surface area contributed by atoms with Gasteiger partial charge in [0, 0.05) is 11.6 Å². The largest absolute Gasteiger partial charge is 0.478 e. The molecule has 1 fully saturated rings. The molecule has 2 aromatic rings. The number of carbonyl (C=O) groups is 2. The molecule has 1 unspecified atom stereocenters. The van der Waals surface area contributed by atoms with Gasteiger partial charge in [-0.3, -0.25) is 4.79 Å². The lowest BCUT2D eigenvalue weighted by Gasteiger charge is -2.25. The lowest BCUT2D eigenvalue weighted by atomic mass is 10.0. The van der Waals surface area contributed by atoms with Gasteiger partial charge in [-0.25, -0.2) is 9.78 Å². The summed E-state index contributed by atoms with van der Waals surface area (Å²) >= 11 is 6.28. The summed E-state index contributed by atoms with van der Waals surface area (Å²) in [6.45, 7) is 2.23. The first kappa shape index (κ1) is 16.5. The number of aromatic carboxylic acids is 1. The SMILES string of the molecule is Cc1nc(C(=O)N2CCCC2c2ccccc2Cl)ccc1C(=O)O. The van der Waals surface area contributed by atoms with Crippen LogP contribution in [-0.2, 0) is 0 Å². The molecule has 5 nitrogen and oxygen atoms in total. The molecule has 1 saturated heterocycles. The van der Waals surface area contributed by atoms with Crippen LogP contribution >= 0.6 is 11.6 Å². The number of amides is 1. The maximum Gasteiger partial charge on any atom is 0.337 e. The van der Waals surface area contributed by atoms with Crippen molar-refractivity contribution in [1.29, 1.82) is 0 Å². The number of rotatable bonds is 3. The molecule has 0 radical (unpaired) electrons. The first-order valence-electron chi connectivity index (χ1n) is 7.75. The zero-order valence-electron chi connectivity index (χ0n) is 13.2. The fourth-order valence-electron chi connectivity index (χ4n) is 3.13. The maximum absolute atomic E-state index is 12.8. The van der Waals surface area contributed by atoms with Gasteiger partial charge in [0.15, 0.2) is 0 Å². The minimum absolute atomic E-state index is 0.0764. The highest BCUT2D eigenvalue weighted by atomic mass is 35.5. The fourth-order valence-corrected chi connectivity index (χ4v) is 3.39. The fraction of sp³-hybridized carbons (Fsp3) is 0.278. The zero-order chi connectivity index (χ0) is 17.3. The quantitative estimate of drug-likeness (QED) is 0.921. The van der Waals surface area contributed by atoms with E-state index in [9.17, 15) is 9.59 Å². The Labute approximate surface area is 144 Å². The van der Waals surface area contributed by atoms with E-state index in [-0.39, 0.29) is 23.2 Å². The molecular formula is C18H17ClN2O3. The predicted molar refractivity (Wildman–Crippen MR) is 90.4 cm³/mol. The summed E-state index contributed by atoms with van der Waals surface area (Å²) in [4.78, 5) is 29.9. The molecule has 3 rings (SSSR count). The van der Waals surface area contributed by atoms with Gasteiger partial charge in [-0.05, 0) is 43.5 Å². The number of nitrogens with zero attached hydrogens (tertiary/aromatic N) is 2. The van der Waals surface area contributed by atoms with Gasteiger partial charge in [-0.15, -0.1) is 0 Å². The van der Waals surface area contributed by atoms with E-state index in [1.54, 1.807) is 11.8 Å². The van der Waals surface area contributed by atoms with E-state index in [4.69, 9.17) is 16.7 Å². The van der Waals surface area contributed by atoms with Crippen LogP contribution in [0.2, 0.25) is 5.02 Å². The van der Waals surface area contributed by atoms with Crippen LogP contribution in [0.25, 0.3) is 0 Å². The van der Waals surface area contributed by atoms with Crippen LogP contribution in [-0.4, -0.2) is 33.4 Å². The normalized spacial score (nSPS) is 17.1. The average molecular weight is 345 g/mol. The number of carboxylic acids is 1. The van der Waals surface area contributed by atoms with Crippen molar-refractivity contribution in [3.63, 3.8) is 0 Å². The number of halogens is 1. The first-order valence-corrected chi connectivity index (χ1v) is 8.13. The molecule has 1 aliphatic rings. The van der Waals surface area contributed by atoms with Crippen molar-refractivity contribution in [2.24, 2.45) is 0 Å². The third-order valence-corrected chi connectivity index (χ3v) is 4.66. The van der Waals surface area contributed by atoms with Gasteiger partial charge in [-0.2, -0.15) is 0 Å². The van der Waals surface area contributed by atoms with E-state index in [1.807, 2.05) is 24.3 Å². The summed E-state index contributed by atoms with van der Waals surface area (Å²) in [5, 5.41) is 9.72. The van der Waals surface area contributed by atoms with Crippen molar-refractivity contribution < 1.29 is 14.7 Å². The van der Waals surface area contributed by atoms with Crippen LogP contribution < -0.4 is 0 Å². The van der Waals surface area contributed by atoms with Crippen molar-refractivity contribution in [3.05, 3.63) is 63.9 Å². The second-order valence-corrected chi connectivity index (χ2v) is 6.22. The highest BCUT2D eigenvalue weighted by Gasteiger charge is 2.32. The average Bonchev–Trinajstić information content (AvgIpc) is 3.03. The minimum Gasteiger partial charge on any atom is -0.478 e. The lowest BCUT2D eigenvalue weighted by molar-refractivity contribution is 0.0689. The molecule has 6 heteroatoms. The number of carbonyl (C=O) groups excluding carboxylic acids is 1. The molecular weight excluding hydrogens is 328 g/mol. The van der Waals surface area contributed by atoms with E-state index in [2.05, 4.69) is 4.98 Å². The number of pyridine rings is 1. The number of aromatic nitrogens is 1. The van der Waals surface area contributed by atoms with Crippen LogP contribution in [0.15, 0.2) is 36.4 Å². The Balaban J connectivity index is 1.90. The van der Waals surface area contributed by atoms with Crippen molar-refractivity contribution in [2.75, 3.05) is 6.54 Å². The number of benzene rings is 1. The van der Waals surface area contributed by atoms with Crippen LogP contribution in [0.1, 0.15) is 51.0 Å². The van der Waals surface area contributed by atoms with Gasteiger partial charge >= 0.3 is 5.97 Å². The second kappa shape index (κ2) is 6.61. The van der Waals surface area contributed by atoms with Crippen molar-refractivity contribution in [3.8, 4) is 0 Å². The number of hydrogen-bond donors (Lipinski definition) is 1. The van der Waals surface area contributed by atoms with Crippen molar-refractivity contribution in [2.45, 2.75) is 25.8 Å². The highest BCUT2D eigenvalue weighted by Crippen LogP contribution is 2.36. The topological polar surface area (TPSA) is 70.5 Å². The molecule has 1 aromatic heterocycles. The molecule has 1 amide bonds. The van der Waals surface area contributed by atoms with Crippen LogP contribution in [0.5, 0.6) is 0 Å². The second-order valence-electron chi connectivity index (χ2n) is 5.81. The molecule has 0 aliphatic carbocycles. The summed E-state index contributed by atoms with van der Waals surface area (Å²) in [6, 6.07) is 10.4. The summed E-state index contributed by atoms with van der Waals surface area (Å²) < 4.78 is 0. The monoisotopic (exact) mass is 344 g/mol. The third kappa shape index (κ3) is 2.99. The van der Waals surface area contributed by atoms with E-state index in [0.29, 0.717) is 17.3 Å². The molecule has 124 valence electrons. The Kier molecular flexibility index (Phi) is 4.53. The summed E-state index contributed by atoms with van der Waals surface area (Å²) in [7, 11) is 0. The van der Waals surface area contributed by atoms with Gasteiger partial charge in [0.25, 0.3) is 5.91 Å². The Hall–Kier alpha value is -2.40. The molecule has 1 N–H and O–H groups in total. The number of hydrogen-bond acceptors (Lipinski definition) is 3. The van der Waals surface area contributed by atoms with Gasteiger partial charge in [0.05, 0.1) is 17.3 Å². The number of carboxylic acid groups (broad SMARTS) is 1. The predicted octanol–water partition coefficient (Wildman–Crippen LogP) is 3.72. The smallest absolute Gasteiger partial charge is 0.337 e. The Morgan fingerprint density at radius 2 is 2.00 bits per heavy atom. The van der Waals surface area contributed by atoms with Crippen molar-refractivity contribution in [1.82, 2.24) is 9.88 Å². The molecule has 1 aromatic carbocycles. The Bertz CT molecular complexity index is 807. The van der Waals surface area contributed by atoms with Crippen molar-refractivity contribution >= 4 is 23.5 Å². The van der Waals surface area contributed by atoms with Gasteiger partial charge < -0.3 is 10.0 Å². The van der Waals surface area contributed by atoms with E-state index in [0.717, 1.165) is 18.4 Å². The number of aryl methyl sites for hydroxylation is 1. The molecule has 1 atom stereocenters. The number of likely N-dealkylation sites (tertiary alicyclic amines) is 1. The molecule has 2 heterocycles. The van der Waals surface area contributed by atoms with Gasteiger partial charge in [0.2, 0.25) is 0 Å². The first-order chi connectivity index (χ1) is 11.5. The summed E-state index contributed by atoms with van der Waals surface area (Å²) in [6.07, 6.45) is 1.75. The molecule has 1 aliphatic heterocycles. The molecule has 0 bridgehead atoms. The third-order valence-electron chi connectivity index (χ3n) is 4.31. The van der Waals surface area contributed by atoms with Crippen LogP contribution in [0, 0.1) is 6.92 Å². The lowest BCUT2D eigenvalue weighted by Crippen LogP contribution is -2.31. The zero-order valence-corrected chi connectivity index (χ0v) is 14.0. The van der Waals surface area contributed by atoms with Crippen LogP contribution in [0.4, 0.5) is 0 Å². The molecule has 0 spiro atoms. The Morgan fingerprint density at radius 3 is 2.67 bits per heavy atom. The van der Waals surface area contributed by atoms with E-state index in [1.165, 1.54) is 12.1 Å². The highest BCUT2D eigenvalue weighted by molar-refractivity contribution is 6.31. The standard InChI is InChI=1S/C18H17ClN2O3/c1-11-12(18(23)24)8-9-15(20-11)17(22)21-10-4-7-16(21)13-5-2-3-6-14(13)19/h2-3,5-6,8-9,16H,4,7,10H2,1H3,(H,23,24). The van der Waals surface area contributed by atoms with Gasteiger partial charge in [-0.1, -0.05) is 29.8 Å². The van der Waals surface area contributed by atoms with Crippen LogP contribution in [0.3, 0.4) is 0 Å². The maximum atomic E-state index is 12.8. The minimum atomic E-state index is -1.05. The summed E-state index contributed by atoms with van der Waals surface area (Å²) in [5.74, 6) is -1.24. The Morgan fingerprint density at radius 1 is 1.25 bits per heavy atom. The molecule has 24 heavy (non-hydrogen) atoms.